The standard InChI is InChI=1S/C17H27BrS/c1-16(2,3)15-5-9-17(13-18,10-6-15)8-4-14-7-11-19-12-14/h7,11-12,15H,4-6,8-10,13H2,1-3H3. The third-order valence-corrected chi connectivity index (χ3v) is 7.00. The lowest BCUT2D eigenvalue weighted by Crippen LogP contribution is -2.34. The van der Waals surface area contributed by atoms with Crippen LogP contribution in [0.3, 0.4) is 0 Å². The monoisotopic (exact) mass is 342 g/mol. The lowest BCUT2D eigenvalue weighted by molar-refractivity contribution is 0.0976. The molecule has 0 radical (unpaired) electrons. The van der Waals surface area contributed by atoms with Crippen molar-refractivity contribution >= 4 is 27.3 Å². The molecule has 108 valence electrons. The van der Waals surface area contributed by atoms with Gasteiger partial charge in [-0.1, -0.05) is 36.7 Å². The molecule has 0 amide bonds. The van der Waals surface area contributed by atoms with Crippen LogP contribution in [0.4, 0.5) is 0 Å². The van der Waals surface area contributed by atoms with Gasteiger partial charge in [-0.15, -0.1) is 0 Å². The van der Waals surface area contributed by atoms with Crippen molar-refractivity contribution in [1.82, 2.24) is 0 Å². The summed E-state index contributed by atoms with van der Waals surface area (Å²) in [6.45, 7) is 7.22. The Kier molecular flexibility index (Phi) is 5.16. The van der Waals surface area contributed by atoms with Gasteiger partial charge in [0, 0.05) is 5.33 Å². The Hall–Kier alpha value is 0.180. The third-order valence-electron chi connectivity index (χ3n) is 5.08. The molecule has 1 heterocycles. The molecule has 1 aliphatic rings. The highest BCUT2D eigenvalue weighted by molar-refractivity contribution is 9.09. The fourth-order valence-electron chi connectivity index (χ4n) is 3.39. The van der Waals surface area contributed by atoms with Gasteiger partial charge < -0.3 is 0 Å². The molecule has 19 heavy (non-hydrogen) atoms. The van der Waals surface area contributed by atoms with Gasteiger partial charge in [0.25, 0.3) is 0 Å². The lowest BCUT2D eigenvalue weighted by Gasteiger charge is -2.43. The van der Waals surface area contributed by atoms with Crippen LogP contribution in [0.2, 0.25) is 0 Å². The number of hydrogen-bond donors (Lipinski definition) is 0. The first-order valence-corrected chi connectivity index (χ1v) is 9.59. The molecule has 0 aromatic carbocycles. The molecule has 2 rings (SSSR count). The molecule has 0 N–H and O–H groups in total. The van der Waals surface area contributed by atoms with E-state index in [9.17, 15) is 0 Å². The summed E-state index contributed by atoms with van der Waals surface area (Å²) in [6.07, 6.45) is 8.26. The highest BCUT2D eigenvalue weighted by atomic mass is 79.9. The van der Waals surface area contributed by atoms with E-state index in [-0.39, 0.29) is 0 Å². The molecule has 0 saturated heterocycles. The van der Waals surface area contributed by atoms with Gasteiger partial charge in [0.15, 0.2) is 0 Å². The summed E-state index contributed by atoms with van der Waals surface area (Å²) in [5.74, 6) is 0.917. The van der Waals surface area contributed by atoms with Crippen LogP contribution in [0.5, 0.6) is 0 Å². The quantitative estimate of drug-likeness (QED) is 0.563. The second-order valence-corrected chi connectivity index (χ2v) is 8.75. The van der Waals surface area contributed by atoms with Crippen molar-refractivity contribution in [3.63, 3.8) is 0 Å². The summed E-state index contributed by atoms with van der Waals surface area (Å²) < 4.78 is 0. The molecule has 0 spiro atoms. The minimum atomic E-state index is 0.492. The van der Waals surface area contributed by atoms with Crippen LogP contribution in [0, 0.1) is 16.7 Å². The van der Waals surface area contributed by atoms with Crippen molar-refractivity contribution in [1.29, 1.82) is 0 Å². The zero-order chi connectivity index (χ0) is 13.9. The Bertz CT molecular complexity index is 366. The SMILES string of the molecule is CC(C)(C)C1CCC(CBr)(CCc2ccsc2)CC1. The van der Waals surface area contributed by atoms with Gasteiger partial charge in [-0.25, -0.2) is 0 Å². The van der Waals surface area contributed by atoms with E-state index in [4.69, 9.17) is 0 Å². The Labute approximate surface area is 131 Å². The van der Waals surface area contributed by atoms with E-state index in [1.165, 1.54) is 49.4 Å². The summed E-state index contributed by atoms with van der Waals surface area (Å²) >= 11 is 5.63. The maximum Gasteiger partial charge on any atom is 0.00880 e. The van der Waals surface area contributed by atoms with Crippen LogP contribution in [0.15, 0.2) is 16.8 Å². The van der Waals surface area contributed by atoms with E-state index in [1.807, 2.05) is 11.3 Å². The highest BCUT2D eigenvalue weighted by Crippen LogP contribution is 2.48. The average molecular weight is 343 g/mol. The van der Waals surface area contributed by atoms with Crippen molar-refractivity contribution < 1.29 is 0 Å². The van der Waals surface area contributed by atoms with Gasteiger partial charge in [0.05, 0.1) is 0 Å². The number of rotatable bonds is 4. The Morgan fingerprint density at radius 2 is 2.00 bits per heavy atom. The number of aryl methyl sites for hydroxylation is 1. The fraction of sp³-hybridized carbons (Fsp3) is 0.765. The molecule has 0 nitrogen and oxygen atoms in total. The van der Waals surface area contributed by atoms with Crippen molar-refractivity contribution in [2.24, 2.45) is 16.7 Å². The van der Waals surface area contributed by atoms with Gasteiger partial charge in [-0.2, -0.15) is 11.3 Å². The second kappa shape index (κ2) is 6.30. The first kappa shape index (κ1) is 15.6. The normalized spacial score (nSPS) is 28.5. The van der Waals surface area contributed by atoms with E-state index in [0.29, 0.717) is 10.8 Å². The van der Waals surface area contributed by atoms with E-state index >= 15 is 0 Å². The molecule has 0 unspecified atom stereocenters. The van der Waals surface area contributed by atoms with E-state index < -0.39 is 0 Å². The predicted octanol–water partition coefficient (Wildman–Crippen LogP) is 6.30. The molecular formula is C17H27BrS. The first-order chi connectivity index (χ1) is 8.95. The van der Waals surface area contributed by atoms with Gasteiger partial charge in [-0.05, 0) is 77.7 Å². The van der Waals surface area contributed by atoms with Crippen molar-refractivity contribution in [3.05, 3.63) is 22.4 Å². The summed E-state index contributed by atoms with van der Waals surface area (Å²) in [5, 5.41) is 5.69. The summed E-state index contributed by atoms with van der Waals surface area (Å²) in [5.41, 5.74) is 2.58. The summed E-state index contributed by atoms with van der Waals surface area (Å²) in [4.78, 5) is 0. The largest absolute Gasteiger partial charge is 0.152 e. The Morgan fingerprint density at radius 3 is 2.47 bits per heavy atom. The minimum absolute atomic E-state index is 0.492. The van der Waals surface area contributed by atoms with E-state index in [2.05, 4.69) is 53.5 Å². The Morgan fingerprint density at radius 1 is 1.32 bits per heavy atom. The average Bonchev–Trinajstić information content (AvgIpc) is 2.89. The van der Waals surface area contributed by atoms with E-state index in [1.54, 1.807) is 0 Å². The Balaban J connectivity index is 1.90. The fourth-order valence-corrected chi connectivity index (χ4v) is 4.94. The molecule has 1 saturated carbocycles. The number of alkyl halides is 1. The van der Waals surface area contributed by atoms with Gasteiger partial charge in [-0.3, -0.25) is 0 Å². The molecule has 0 bridgehead atoms. The molecule has 1 aromatic heterocycles. The van der Waals surface area contributed by atoms with Crippen molar-refractivity contribution in [2.45, 2.75) is 59.3 Å². The topological polar surface area (TPSA) is 0 Å². The molecule has 0 atom stereocenters. The van der Waals surface area contributed by atoms with Crippen LogP contribution in [0.25, 0.3) is 0 Å². The highest BCUT2D eigenvalue weighted by Gasteiger charge is 2.37. The number of hydrogen-bond acceptors (Lipinski definition) is 1. The predicted molar refractivity (Wildman–Crippen MR) is 90.3 cm³/mol. The van der Waals surface area contributed by atoms with Gasteiger partial charge in [0.2, 0.25) is 0 Å². The maximum atomic E-state index is 3.81. The lowest BCUT2D eigenvalue weighted by atomic mass is 9.63. The van der Waals surface area contributed by atoms with Crippen LogP contribution >= 0.6 is 27.3 Å². The molecule has 1 aliphatic carbocycles. The first-order valence-electron chi connectivity index (χ1n) is 7.52. The molecular weight excluding hydrogens is 316 g/mol. The van der Waals surface area contributed by atoms with E-state index in [0.717, 1.165) is 5.92 Å². The summed E-state index contributed by atoms with van der Waals surface area (Å²) in [6, 6.07) is 2.29. The molecule has 1 aromatic rings. The second-order valence-electron chi connectivity index (χ2n) is 7.41. The minimum Gasteiger partial charge on any atom is -0.152 e. The zero-order valence-corrected chi connectivity index (χ0v) is 14.9. The van der Waals surface area contributed by atoms with Crippen LogP contribution < -0.4 is 0 Å². The van der Waals surface area contributed by atoms with Crippen molar-refractivity contribution in [3.8, 4) is 0 Å². The zero-order valence-electron chi connectivity index (χ0n) is 12.5. The molecule has 1 fully saturated rings. The van der Waals surface area contributed by atoms with Gasteiger partial charge in [0.1, 0.15) is 0 Å². The van der Waals surface area contributed by atoms with Crippen molar-refractivity contribution in [2.75, 3.05) is 5.33 Å². The van der Waals surface area contributed by atoms with Crippen LogP contribution in [-0.2, 0) is 6.42 Å². The smallest absolute Gasteiger partial charge is 0.00880 e. The van der Waals surface area contributed by atoms with Gasteiger partial charge >= 0.3 is 0 Å². The molecule has 0 aliphatic heterocycles. The summed E-state index contributed by atoms with van der Waals surface area (Å²) in [7, 11) is 0. The van der Waals surface area contributed by atoms with Crippen LogP contribution in [0.1, 0.15) is 58.4 Å². The third kappa shape index (κ3) is 4.07. The number of halogens is 1. The van der Waals surface area contributed by atoms with Crippen LogP contribution in [-0.4, -0.2) is 5.33 Å². The number of thiophene rings is 1. The molecule has 2 heteroatoms. The maximum absolute atomic E-state index is 3.81.